The lowest BCUT2D eigenvalue weighted by atomic mass is 10.1. The molecule has 0 amide bonds. The van der Waals surface area contributed by atoms with Crippen LogP contribution in [-0.4, -0.2) is 24.4 Å². The van der Waals surface area contributed by atoms with Crippen molar-refractivity contribution in [2.75, 3.05) is 13.2 Å². The molecule has 134 valence electrons. The number of aliphatic hydroxyl groups is 1. The molecule has 0 heterocycles. The zero-order chi connectivity index (χ0) is 17.8. The van der Waals surface area contributed by atoms with Crippen molar-refractivity contribution in [1.29, 1.82) is 0 Å². The van der Waals surface area contributed by atoms with E-state index in [9.17, 15) is 9.67 Å². The number of unbranched alkanes of at least 4 members (excludes halogenated alkanes) is 2. The average molecular weight is 352 g/mol. The van der Waals surface area contributed by atoms with Crippen molar-refractivity contribution < 1.29 is 18.7 Å². The smallest absolute Gasteiger partial charge is 0.359 e. The van der Waals surface area contributed by atoms with E-state index < -0.39 is 13.7 Å². The van der Waals surface area contributed by atoms with Gasteiger partial charge in [0.25, 0.3) is 0 Å². The minimum Gasteiger partial charge on any atom is -0.384 e. The molecular weight excluding hydrogens is 323 g/mol. The largest absolute Gasteiger partial charge is 0.384 e. The number of allylic oxidation sites excluding steroid dienone is 1. The average Bonchev–Trinajstić information content (AvgIpc) is 2.58. The maximum absolute atomic E-state index is 13.1. The van der Waals surface area contributed by atoms with E-state index in [4.69, 9.17) is 9.05 Å². The van der Waals surface area contributed by atoms with Gasteiger partial charge in [-0.25, -0.2) is 0 Å². The molecule has 1 unspecified atom stereocenters. The van der Waals surface area contributed by atoms with Crippen LogP contribution in [0.15, 0.2) is 47.8 Å². The molecule has 0 aliphatic heterocycles. The Hall–Kier alpha value is -1.19. The molecule has 0 spiro atoms. The first kappa shape index (κ1) is 20.9. The lowest BCUT2D eigenvalue weighted by molar-refractivity contribution is 0.210. The quantitative estimate of drug-likeness (QED) is 0.428. The minimum atomic E-state index is -3.49. The first-order chi connectivity index (χ1) is 11.6. The molecule has 4 nitrogen and oxygen atoms in total. The van der Waals surface area contributed by atoms with Crippen LogP contribution in [0.25, 0.3) is 6.08 Å². The van der Waals surface area contributed by atoms with Crippen molar-refractivity contribution in [2.45, 2.75) is 46.1 Å². The third kappa shape index (κ3) is 6.74. The Balaban J connectivity index is 3.05. The summed E-state index contributed by atoms with van der Waals surface area (Å²) < 4.78 is 23.9. The lowest BCUT2D eigenvalue weighted by Gasteiger charge is -2.22. The molecule has 0 bridgehead atoms. The molecule has 0 radical (unpaired) electrons. The first-order valence-electron chi connectivity index (χ1n) is 8.58. The second-order valence-corrected chi connectivity index (χ2v) is 7.35. The number of hydrogen-bond donors (Lipinski definition) is 1. The van der Waals surface area contributed by atoms with E-state index in [1.807, 2.05) is 30.3 Å². The summed E-state index contributed by atoms with van der Waals surface area (Å²) >= 11 is 0. The summed E-state index contributed by atoms with van der Waals surface area (Å²) in [7, 11) is -3.49. The Labute approximate surface area is 145 Å². The van der Waals surface area contributed by atoms with Crippen LogP contribution in [0.3, 0.4) is 0 Å². The fraction of sp³-hybridized carbons (Fsp3) is 0.474. The van der Waals surface area contributed by atoms with Gasteiger partial charge >= 0.3 is 7.60 Å². The highest BCUT2D eigenvalue weighted by atomic mass is 31.2. The molecule has 1 atom stereocenters. The second-order valence-electron chi connectivity index (χ2n) is 5.32. The van der Waals surface area contributed by atoms with Gasteiger partial charge in [0.2, 0.25) is 0 Å². The fourth-order valence-corrected chi connectivity index (χ4v) is 4.06. The highest BCUT2D eigenvalue weighted by Crippen LogP contribution is 2.57. The molecule has 0 saturated heterocycles. The molecule has 1 rings (SSSR count). The van der Waals surface area contributed by atoms with Gasteiger partial charge in [-0.05, 0) is 25.8 Å². The molecule has 0 saturated carbocycles. The summed E-state index contributed by atoms with van der Waals surface area (Å²) in [6.45, 7) is 6.14. The van der Waals surface area contributed by atoms with Gasteiger partial charge in [-0.2, -0.15) is 0 Å². The number of benzene rings is 1. The van der Waals surface area contributed by atoms with Crippen molar-refractivity contribution >= 4 is 13.7 Å². The molecule has 0 aliphatic carbocycles. The summed E-state index contributed by atoms with van der Waals surface area (Å²) in [5.41, 5.74) is 0.965. The van der Waals surface area contributed by atoms with E-state index in [1.165, 1.54) is 0 Å². The van der Waals surface area contributed by atoms with Crippen LogP contribution in [-0.2, 0) is 13.6 Å². The van der Waals surface area contributed by atoms with Crippen molar-refractivity contribution in [3.63, 3.8) is 0 Å². The predicted molar refractivity (Wildman–Crippen MR) is 99.9 cm³/mol. The van der Waals surface area contributed by atoms with Gasteiger partial charge in [0.15, 0.2) is 0 Å². The van der Waals surface area contributed by atoms with E-state index in [0.29, 0.717) is 5.31 Å². The van der Waals surface area contributed by atoms with Gasteiger partial charge in [0.1, 0.15) is 6.10 Å². The number of rotatable bonds is 11. The minimum absolute atomic E-state index is 0.261. The number of aliphatic hydroxyl groups excluding tert-OH is 1. The van der Waals surface area contributed by atoms with Crippen LogP contribution in [0, 0.1) is 0 Å². The van der Waals surface area contributed by atoms with E-state index in [0.717, 1.165) is 24.8 Å². The second kappa shape index (κ2) is 11.4. The third-order valence-corrected chi connectivity index (χ3v) is 5.67. The van der Waals surface area contributed by atoms with Crippen molar-refractivity contribution in [3.05, 3.63) is 53.4 Å². The van der Waals surface area contributed by atoms with Gasteiger partial charge in [-0.1, -0.05) is 68.3 Å². The zero-order valence-corrected chi connectivity index (χ0v) is 15.7. The Bertz CT molecular complexity index is 556. The van der Waals surface area contributed by atoms with E-state index >= 15 is 0 Å². The summed E-state index contributed by atoms with van der Waals surface area (Å²) in [5, 5.41) is 10.9. The Kier molecular flexibility index (Phi) is 9.89. The first-order valence-corrected chi connectivity index (χ1v) is 10.1. The van der Waals surface area contributed by atoms with E-state index in [-0.39, 0.29) is 13.2 Å². The van der Waals surface area contributed by atoms with Crippen molar-refractivity contribution in [2.24, 2.45) is 0 Å². The molecule has 1 N–H and O–H groups in total. The monoisotopic (exact) mass is 352 g/mol. The fourth-order valence-electron chi connectivity index (χ4n) is 2.24. The molecule has 0 fully saturated rings. The van der Waals surface area contributed by atoms with Crippen LogP contribution in [0.4, 0.5) is 0 Å². The van der Waals surface area contributed by atoms with Crippen LogP contribution in [0.1, 0.15) is 45.6 Å². The van der Waals surface area contributed by atoms with Crippen LogP contribution >= 0.6 is 7.60 Å². The van der Waals surface area contributed by atoms with Gasteiger partial charge in [0.05, 0.1) is 18.5 Å². The Morgan fingerprint density at radius 2 is 1.79 bits per heavy atom. The summed E-state index contributed by atoms with van der Waals surface area (Å²) in [6.07, 6.45) is 6.93. The molecule has 24 heavy (non-hydrogen) atoms. The third-order valence-electron chi connectivity index (χ3n) is 3.40. The van der Waals surface area contributed by atoms with Gasteiger partial charge in [0, 0.05) is 0 Å². The highest BCUT2D eigenvalue weighted by Gasteiger charge is 2.33. The van der Waals surface area contributed by atoms with Crippen molar-refractivity contribution in [1.82, 2.24) is 0 Å². The summed E-state index contributed by atoms with van der Waals surface area (Å²) in [6, 6.07) is 9.66. The number of hydrogen-bond acceptors (Lipinski definition) is 4. The predicted octanol–water partition coefficient (Wildman–Crippen LogP) is 5.40. The maximum Gasteiger partial charge on any atom is 0.359 e. The van der Waals surface area contributed by atoms with Gasteiger partial charge in [-0.15, -0.1) is 0 Å². The van der Waals surface area contributed by atoms with Crippen LogP contribution < -0.4 is 0 Å². The zero-order valence-electron chi connectivity index (χ0n) is 14.9. The molecule has 5 heteroatoms. The van der Waals surface area contributed by atoms with E-state index in [2.05, 4.69) is 6.92 Å². The Morgan fingerprint density at radius 1 is 1.17 bits per heavy atom. The summed E-state index contributed by atoms with van der Waals surface area (Å²) in [4.78, 5) is 0. The molecule has 1 aromatic carbocycles. The van der Waals surface area contributed by atoms with Gasteiger partial charge in [-0.3, -0.25) is 4.57 Å². The standard InChI is InChI=1S/C19H29O4P/c1-4-7-9-14-19(24(21,22-5-2)23-6-3)18(20)16-15-17-12-10-8-11-13-17/h8,10-16,18,20H,4-7,9H2,1-3H3/b16-15+,19-14-. The molecule has 0 aromatic heterocycles. The highest BCUT2D eigenvalue weighted by molar-refractivity contribution is 7.58. The Morgan fingerprint density at radius 3 is 2.33 bits per heavy atom. The topological polar surface area (TPSA) is 55.8 Å². The van der Waals surface area contributed by atoms with Gasteiger partial charge < -0.3 is 14.2 Å². The SMILES string of the molecule is CCCC/C=C(/C(O)/C=C/c1ccccc1)P(=O)(OCC)OCC. The summed E-state index contributed by atoms with van der Waals surface area (Å²) in [5.74, 6) is 0. The van der Waals surface area contributed by atoms with Crippen LogP contribution in [0.2, 0.25) is 0 Å². The molecule has 1 aromatic rings. The maximum atomic E-state index is 13.1. The lowest BCUT2D eigenvalue weighted by Crippen LogP contribution is -2.11. The normalized spacial score (nSPS) is 14.2. The van der Waals surface area contributed by atoms with Crippen LogP contribution in [0.5, 0.6) is 0 Å². The molecule has 0 aliphatic rings. The van der Waals surface area contributed by atoms with Crippen molar-refractivity contribution in [3.8, 4) is 0 Å². The molecular formula is C19H29O4P. The van der Waals surface area contributed by atoms with E-state index in [1.54, 1.807) is 32.1 Å².